The van der Waals surface area contributed by atoms with Gasteiger partial charge in [-0.3, -0.25) is 14.2 Å². The highest BCUT2D eigenvalue weighted by atomic mass is 32.2. The van der Waals surface area contributed by atoms with Crippen LogP contribution in [-0.2, 0) is 14.6 Å². The van der Waals surface area contributed by atoms with Gasteiger partial charge in [-0.2, -0.15) is 0 Å². The normalized spacial score (nSPS) is 17.4. The third-order valence-electron chi connectivity index (χ3n) is 5.53. The van der Waals surface area contributed by atoms with Crippen molar-refractivity contribution in [3.05, 3.63) is 64.5 Å². The highest BCUT2D eigenvalue weighted by Crippen LogP contribution is 2.25. The molecule has 2 heterocycles. The molecule has 2 aromatic carbocycles. The maximum Gasteiger partial charge on any atom is 0.266 e. The van der Waals surface area contributed by atoms with E-state index < -0.39 is 33.1 Å². The smallest absolute Gasteiger partial charge is 0.266 e. The summed E-state index contributed by atoms with van der Waals surface area (Å²) in [6.45, 7) is 2.11. The Morgan fingerprint density at radius 1 is 1.24 bits per heavy atom. The average molecular weight is 494 g/mol. The summed E-state index contributed by atoms with van der Waals surface area (Å²) in [4.78, 5) is 32.1. The fourth-order valence-corrected chi connectivity index (χ4v) is 6.58. The lowest BCUT2D eigenvalue weighted by molar-refractivity contribution is -0.129. The van der Waals surface area contributed by atoms with E-state index in [1.807, 2.05) is 0 Å². The van der Waals surface area contributed by atoms with Crippen molar-refractivity contribution >= 4 is 38.4 Å². The number of amides is 1. The van der Waals surface area contributed by atoms with E-state index in [2.05, 4.69) is 4.98 Å². The van der Waals surface area contributed by atoms with E-state index in [9.17, 15) is 26.8 Å². The van der Waals surface area contributed by atoms with Gasteiger partial charge in [0.2, 0.25) is 5.91 Å². The lowest BCUT2D eigenvalue weighted by atomic mass is 10.2. The van der Waals surface area contributed by atoms with Crippen LogP contribution in [-0.4, -0.2) is 58.6 Å². The molecule has 1 aliphatic rings. The number of fused-ring (bicyclic) bond motifs is 1. The predicted molar refractivity (Wildman–Crippen MR) is 122 cm³/mol. The van der Waals surface area contributed by atoms with Crippen LogP contribution in [0.5, 0.6) is 0 Å². The van der Waals surface area contributed by atoms with Crippen LogP contribution in [0.1, 0.15) is 13.3 Å². The van der Waals surface area contributed by atoms with Crippen LogP contribution in [0, 0.1) is 11.6 Å². The van der Waals surface area contributed by atoms with E-state index >= 15 is 0 Å². The van der Waals surface area contributed by atoms with Crippen molar-refractivity contribution in [3.63, 3.8) is 0 Å². The fraction of sp³-hybridized carbons (Fsp3) is 0.318. The maximum absolute atomic E-state index is 14.6. The molecule has 174 valence electrons. The molecule has 1 aromatic heterocycles. The number of halogens is 2. The van der Waals surface area contributed by atoms with Crippen molar-refractivity contribution in [2.24, 2.45) is 0 Å². The van der Waals surface area contributed by atoms with Crippen LogP contribution in [0.2, 0.25) is 0 Å². The highest BCUT2D eigenvalue weighted by molar-refractivity contribution is 7.99. The van der Waals surface area contributed by atoms with Crippen LogP contribution in [0.15, 0.2) is 52.4 Å². The van der Waals surface area contributed by atoms with Crippen molar-refractivity contribution in [2.75, 3.05) is 23.8 Å². The summed E-state index contributed by atoms with van der Waals surface area (Å²) < 4.78 is 52.7. The number of carbonyl (C=O) groups is 1. The number of hydrogen-bond donors (Lipinski definition) is 0. The van der Waals surface area contributed by atoms with Gasteiger partial charge in [0, 0.05) is 18.7 Å². The molecule has 1 unspecified atom stereocenters. The summed E-state index contributed by atoms with van der Waals surface area (Å²) >= 11 is 0.945. The molecule has 0 spiro atoms. The molecular formula is C22H21F2N3O4S2. The van der Waals surface area contributed by atoms with Crippen LogP contribution in [0.4, 0.5) is 8.78 Å². The second kappa shape index (κ2) is 9.22. The van der Waals surface area contributed by atoms with E-state index in [0.29, 0.717) is 24.5 Å². The van der Waals surface area contributed by atoms with Crippen molar-refractivity contribution in [3.8, 4) is 5.69 Å². The number of thioether (sulfide) groups is 1. The Bertz CT molecular complexity index is 1390. The first-order valence-corrected chi connectivity index (χ1v) is 13.1. The summed E-state index contributed by atoms with van der Waals surface area (Å²) in [5.74, 6) is -2.18. The summed E-state index contributed by atoms with van der Waals surface area (Å²) in [6.07, 6.45) is 0.381. The first-order chi connectivity index (χ1) is 15.7. The quantitative estimate of drug-likeness (QED) is 0.388. The Morgan fingerprint density at radius 2 is 2.00 bits per heavy atom. The zero-order chi connectivity index (χ0) is 23.8. The molecule has 0 saturated carbocycles. The molecule has 7 nitrogen and oxygen atoms in total. The molecule has 1 aliphatic heterocycles. The van der Waals surface area contributed by atoms with E-state index in [1.54, 1.807) is 31.2 Å². The molecule has 1 atom stereocenters. The lowest BCUT2D eigenvalue weighted by Gasteiger charge is -2.26. The number of carbonyl (C=O) groups excluding carboxylic acids is 1. The van der Waals surface area contributed by atoms with E-state index in [4.69, 9.17) is 0 Å². The molecule has 1 amide bonds. The molecule has 3 aromatic rings. The zero-order valence-corrected chi connectivity index (χ0v) is 19.3. The molecule has 0 bridgehead atoms. The van der Waals surface area contributed by atoms with Crippen molar-refractivity contribution in [1.29, 1.82) is 0 Å². The SMILES string of the molecule is CCN(C(=O)CSc1nc2ccccc2c(=O)n1-c1ccc(F)cc1F)C1CCS(=O)(=O)C1. The van der Waals surface area contributed by atoms with E-state index in [-0.39, 0.29) is 39.4 Å². The summed E-state index contributed by atoms with van der Waals surface area (Å²) in [7, 11) is -3.16. The molecule has 33 heavy (non-hydrogen) atoms. The Hall–Kier alpha value is -2.79. The first kappa shape index (κ1) is 23.4. The number of benzene rings is 2. The predicted octanol–water partition coefficient (Wildman–Crippen LogP) is 2.79. The van der Waals surface area contributed by atoms with Gasteiger partial charge in [0.05, 0.1) is 33.8 Å². The van der Waals surface area contributed by atoms with Gasteiger partial charge in [0.15, 0.2) is 15.0 Å². The fourth-order valence-electron chi connectivity index (χ4n) is 3.95. The highest BCUT2D eigenvalue weighted by Gasteiger charge is 2.34. The van der Waals surface area contributed by atoms with Gasteiger partial charge < -0.3 is 4.90 Å². The molecule has 1 fully saturated rings. The second-order valence-corrected chi connectivity index (χ2v) is 10.8. The molecule has 0 aliphatic carbocycles. The Kier molecular flexibility index (Phi) is 6.53. The topological polar surface area (TPSA) is 89.3 Å². The largest absolute Gasteiger partial charge is 0.338 e. The third-order valence-corrected chi connectivity index (χ3v) is 8.20. The van der Waals surface area contributed by atoms with Crippen molar-refractivity contribution < 1.29 is 22.0 Å². The number of nitrogens with zero attached hydrogens (tertiary/aromatic N) is 3. The van der Waals surface area contributed by atoms with E-state index in [0.717, 1.165) is 28.5 Å². The van der Waals surface area contributed by atoms with Gasteiger partial charge in [0.1, 0.15) is 11.6 Å². The molecule has 0 N–H and O–H groups in total. The lowest BCUT2D eigenvalue weighted by Crippen LogP contribution is -2.42. The van der Waals surface area contributed by atoms with Crippen LogP contribution in [0.3, 0.4) is 0 Å². The van der Waals surface area contributed by atoms with Crippen LogP contribution >= 0.6 is 11.8 Å². The number of aromatic nitrogens is 2. The minimum Gasteiger partial charge on any atom is -0.338 e. The minimum absolute atomic E-state index is 0.0458. The van der Waals surface area contributed by atoms with Gasteiger partial charge in [-0.25, -0.2) is 22.2 Å². The van der Waals surface area contributed by atoms with Crippen molar-refractivity contribution in [1.82, 2.24) is 14.5 Å². The number of para-hydroxylation sites is 1. The van der Waals surface area contributed by atoms with Crippen LogP contribution < -0.4 is 5.56 Å². The summed E-state index contributed by atoms with van der Waals surface area (Å²) in [6, 6.07) is 9.02. The number of hydrogen-bond acceptors (Lipinski definition) is 6. The van der Waals surface area contributed by atoms with Crippen molar-refractivity contribution in [2.45, 2.75) is 24.5 Å². The Morgan fingerprint density at radius 3 is 2.67 bits per heavy atom. The van der Waals surface area contributed by atoms with Gasteiger partial charge in [0.25, 0.3) is 5.56 Å². The Balaban J connectivity index is 1.70. The monoisotopic (exact) mass is 493 g/mol. The first-order valence-electron chi connectivity index (χ1n) is 10.3. The molecular weight excluding hydrogens is 472 g/mol. The van der Waals surface area contributed by atoms with E-state index in [1.165, 1.54) is 4.90 Å². The Labute approximate surface area is 193 Å². The van der Waals surface area contributed by atoms with Crippen LogP contribution in [0.25, 0.3) is 16.6 Å². The maximum atomic E-state index is 14.6. The number of sulfone groups is 1. The molecule has 11 heteroatoms. The standard InChI is InChI=1S/C22H21F2N3O4S2/c1-2-26(15-9-10-33(30,31)13-15)20(28)12-32-22-25-18-6-4-3-5-16(18)21(29)27(22)19-8-7-14(23)11-17(19)24/h3-8,11,15H,2,9-10,12-13H2,1H3. The molecule has 4 rings (SSSR count). The third kappa shape index (κ3) is 4.79. The van der Waals surface area contributed by atoms with Gasteiger partial charge >= 0.3 is 0 Å². The second-order valence-electron chi connectivity index (χ2n) is 7.67. The minimum atomic E-state index is -3.16. The molecule has 0 radical (unpaired) electrons. The average Bonchev–Trinajstić information content (AvgIpc) is 3.13. The van der Waals surface area contributed by atoms with Gasteiger partial charge in [-0.1, -0.05) is 23.9 Å². The summed E-state index contributed by atoms with van der Waals surface area (Å²) in [5.41, 5.74) is -0.343. The van der Waals surface area contributed by atoms with Gasteiger partial charge in [-0.05, 0) is 37.6 Å². The number of rotatable bonds is 6. The zero-order valence-electron chi connectivity index (χ0n) is 17.7. The summed E-state index contributed by atoms with van der Waals surface area (Å²) in [5, 5.41) is 0.330. The van der Waals surface area contributed by atoms with Gasteiger partial charge in [-0.15, -0.1) is 0 Å². The molecule has 1 saturated heterocycles.